The van der Waals surface area contributed by atoms with Crippen molar-refractivity contribution in [2.75, 3.05) is 6.54 Å². The second kappa shape index (κ2) is 5.35. The van der Waals surface area contributed by atoms with Crippen molar-refractivity contribution in [1.82, 2.24) is 5.32 Å². The normalized spacial score (nSPS) is 33.9. The van der Waals surface area contributed by atoms with Gasteiger partial charge in [-0.1, -0.05) is 26.0 Å². The molecule has 4 unspecified atom stereocenters. The first-order valence-corrected chi connectivity index (χ1v) is 7.08. The largest absolute Gasteiger partial charge is 0.314 e. The smallest absolute Gasteiger partial charge is 0.00728 e. The Morgan fingerprint density at radius 1 is 1.19 bits per heavy atom. The Balaban J connectivity index is 1.65. The highest BCUT2D eigenvalue weighted by molar-refractivity contribution is 5.11. The minimum atomic E-state index is 0.715. The molecule has 0 heterocycles. The number of hydrogen-bond acceptors (Lipinski definition) is 1. The van der Waals surface area contributed by atoms with E-state index in [-0.39, 0.29) is 0 Å². The van der Waals surface area contributed by atoms with Gasteiger partial charge in [-0.25, -0.2) is 0 Å². The maximum atomic E-state index is 3.73. The molecule has 2 bridgehead atoms. The molecule has 2 aliphatic carbocycles. The fourth-order valence-corrected chi connectivity index (χ4v) is 3.39. The predicted molar refractivity (Wildman–Crippen MR) is 70.4 cm³/mol. The molecule has 16 heavy (non-hydrogen) atoms. The van der Waals surface area contributed by atoms with Crippen molar-refractivity contribution in [3.63, 3.8) is 0 Å². The van der Waals surface area contributed by atoms with E-state index in [9.17, 15) is 0 Å². The molecule has 0 amide bonds. The first-order valence-electron chi connectivity index (χ1n) is 7.08. The summed E-state index contributed by atoms with van der Waals surface area (Å²) in [6.45, 7) is 8.21. The van der Waals surface area contributed by atoms with Crippen LogP contribution in [0, 0.1) is 23.7 Å². The van der Waals surface area contributed by atoms with Crippen LogP contribution in [-0.2, 0) is 0 Å². The number of fused-ring (bicyclic) bond motifs is 2. The summed E-state index contributed by atoms with van der Waals surface area (Å²) in [5.74, 6) is 3.56. The zero-order chi connectivity index (χ0) is 11.5. The number of nitrogens with one attached hydrogen (secondary N) is 1. The van der Waals surface area contributed by atoms with Crippen LogP contribution in [0.1, 0.15) is 46.5 Å². The molecule has 2 rings (SSSR count). The van der Waals surface area contributed by atoms with Crippen molar-refractivity contribution in [2.24, 2.45) is 23.7 Å². The van der Waals surface area contributed by atoms with E-state index in [2.05, 4.69) is 38.2 Å². The van der Waals surface area contributed by atoms with Gasteiger partial charge in [0.05, 0.1) is 0 Å². The molecule has 1 N–H and O–H groups in total. The Morgan fingerprint density at radius 2 is 2.00 bits per heavy atom. The van der Waals surface area contributed by atoms with Crippen LogP contribution in [0.3, 0.4) is 0 Å². The number of hydrogen-bond donors (Lipinski definition) is 1. The third-order valence-electron chi connectivity index (χ3n) is 4.40. The summed E-state index contributed by atoms with van der Waals surface area (Å²) in [6, 6.07) is 0.715. The summed E-state index contributed by atoms with van der Waals surface area (Å²) in [7, 11) is 0. The number of rotatable bonds is 6. The van der Waals surface area contributed by atoms with Crippen molar-refractivity contribution in [3.8, 4) is 0 Å². The quantitative estimate of drug-likeness (QED) is 0.533. The van der Waals surface area contributed by atoms with Crippen LogP contribution in [0.4, 0.5) is 0 Å². The molecule has 0 aliphatic heterocycles. The van der Waals surface area contributed by atoms with Gasteiger partial charge < -0.3 is 5.32 Å². The molecule has 92 valence electrons. The van der Waals surface area contributed by atoms with E-state index in [1.165, 1.54) is 32.2 Å². The maximum Gasteiger partial charge on any atom is 0.00728 e. The van der Waals surface area contributed by atoms with Crippen LogP contribution in [-0.4, -0.2) is 12.6 Å². The monoisotopic (exact) mass is 221 g/mol. The van der Waals surface area contributed by atoms with E-state index in [1.54, 1.807) is 0 Å². The fraction of sp³-hybridized carbons (Fsp3) is 0.867. The van der Waals surface area contributed by atoms with Crippen LogP contribution < -0.4 is 5.32 Å². The summed E-state index contributed by atoms with van der Waals surface area (Å²) < 4.78 is 0. The van der Waals surface area contributed by atoms with E-state index in [0.717, 1.165) is 23.7 Å². The highest BCUT2D eigenvalue weighted by atomic mass is 14.9. The van der Waals surface area contributed by atoms with Gasteiger partial charge in [-0.15, -0.1) is 0 Å². The average Bonchev–Trinajstić information content (AvgIpc) is 2.85. The van der Waals surface area contributed by atoms with Gasteiger partial charge in [0.25, 0.3) is 0 Å². The van der Waals surface area contributed by atoms with Gasteiger partial charge in [0, 0.05) is 6.04 Å². The maximum absolute atomic E-state index is 3.73. The van der Waals surface area contributed by atoms with Crippen molar-refractivity contribution < 1.29 is 0 Å². The number of allylic oxidation sites excluding steroid dienone is 2. The van der Waals surface area contributed by atoms with Crippen molar-refractivity contribution in [1.29, 1.82) is 0 Å². The lowest BCUT2D eigenvalue weighted by atomic mass is 9.87. The Hall–Kier alpha value is -0.300. The zero-order valence-corrected chi connectivity index (χ0v) is 11.1. The highest BCUT2D eigenvalue weighted by Crippen LogP contribution is 2.44. The molecule has 0 radical (unpaired) electrons. The zero-order valence-electron chi connectivity index (χ0n) is 11.1. The van der Waals surface area contributed by atoms with Gasteiger partial charge in [0.15, 0.2) is 0 Å². The summed E-state index contributed by atoms with van der Waals surface area (Å²) in [4.78, 5) is 0. The Kier molecular flexibility index (Phi) is 4.07. The topological polar surface area (TPSA) is 12.0 Å². The minimum absolute atomic E-state index is 0.715. The van der Waals surface area contributed by atoms with Crippen molar-refractivity contribution >= 4 is 0 Å². The van der Waals surface area contributed by atoms with Crippen LogP contribution >= 0.6 is 0 Å². The summed E-state index contributed by atoms with van der Waals surface area (Å²) in [6.07, 6.45) is 10.5. The van der Waals surface area contributed by atoms with E-state index in [0.29, 0.717) is 6.04 Å². The molecule has 0 aromatic heterocycles. The molecule has 1 heteroatoms. The molecular formula is C15H27N. The Labute approximate surface area is 101 Å². The molecule has 4 atom stereocenters. The van der Waals surface area contributed by atoms with E-state index >= 15 is 0 Å². The van der Waals surface area contributed by atoms with E-state index < -0.39 is 0 Å². The second-order valence-electron chi connectivity index (χ2n) is 6.22. The van der Waals surface area contributed by atoms with Crippen molar-refractivity contribution in [3.05, 3.63) is 12.2 Å². The van der Waals surface area contributed by atoms with Gasteiger partial charge in [-0.2, -0.15) is 0 Å². The molecular weight excluding hydrogens is 194 g/mol. The van der Waals surface area contributed by atoms with Crippen LogP contribution in [0.15, 0.2) is 12.2 Å². The average molecular weight is 221 g/mol. The fourth-order valence-electron chi connectivity index (χ4n) is 3.39. The molecule has 0 aromatic carbocycles. The molecule has 0 spiro atoms. The lowest BCUT2D eigenvalue weighted by molar-refractivity contribution is 0.324. The van der Waals surface area contributed by atoms with Crippen LogP contribution in [0.25, 0.3) is 0 Å². The standard InChI is InChI=1S/C15H27N/c1-11(2)5-4-8-16-12(3)15-10-13-6-7-14(15)9-13/h6-7,11-16H,4-5,8-10H2,1-3H3. The third-order valence-corrected chi connectivity index (χ3v) is 4.40. The summed E-state index contributed by atoms with van der Waals surface area (Å²) in [5, 5.41) is 3.73. The van der Waals surface area contributed by atoms with Gasteiger partial charge in [0.2, 0.25) is 0 Å². The molecule has 1 nitrogen and oxygen atoms in total. The van der Waals surface area contributed by atoms with Gasteiger partial charge in [-0.05, 0) is 62.8 Å². The Morgan fingerprint density at radius 3 is 2.56 bits per heavy atom. The molecule has 0 aromatic rings. The van der Waals surface area contributed by atoms with Gasteiger partial charge >= 0.3 is 0 Å². The lowest BCUT2D eigenvalue weighted by Gasteiger charge is -2.26. The predicted octanol–water partition coefficient (Wildman–Crippen LogP) is 3.61. The molecule has 2 aliphatic rings. The third kappa shape index (κ3) is 2.88. The first-order chi connectivity index (χ1) is 7.66. The molecule has 1 fully saturated rings. The Bertz CT molecular complexity index is 244. The lowest BCUT2D eigenvalue weighted by Crippen LogP contribution is -2.36. The molecule has 0 saturated heterocycles. The van der Waals surface area contributed by atoms with E-state index in [1.807, 2.05) is 0 Å². The summed E-state index contributed by atoms with van der Waals surface area (Å²) in [5.41, 5.74) is 0. The SMILES string of the molecule is CC(C)CCCNC(C)C1CC2C=CC1C2. The van der Waals surface area contributed by atoms with Crippen LogP contribution in [0.2, 0.25) is 0 Å². The molecule has 1 saturated carbocycles. The van der Waals surface area contributed by atoms with E-state index in [4.69, 9.17) is 0 Å². The first kappa shape index (κ1) is 12.2. The summed E-state index contributed by atoms with van der Waals surface area (Å²) >= 11 is 0. The highest BCUT2D eigenvalue weighted by Gasteiger charge is 2.38. The van der Waals surface area contributed by atoms with Crippen LogP contribution in [0.5, 0.6) is 0 Å². The van der Waals surface area contributed by atoms with Crippen molar-refractivity contribution in [2.45, 2.75) is 52.5 Å². The second-order valence-corrected chi connectivity index (χ2v) is 6.22. The van der Waals surface area contributed by atoms with Gasteiger partial charge in [0.1, 0.15) is 0 Å². The van der Waals surface area contributed by atoms with Gasteiger partial charge in [-0.3, -0.25) is 0 Å². The minimum Gasteiger partial charge on any atom is -0.314 e.